The minimum Gasteiger partial charge on any atom is -0.350 e. The van der Waals surface area contributed by atoms with E-state index in [0.29, 0.717) is 43.9 Å². The van der Waals surface area contributed by atoms with Gasteiger partial charge in [-0.15, -0.1) is 0 Å². The SMILES string of the molecule is CCCCNC(=O)C(=O)N1CCN(C(=O)c2cc3ccc(F)cc3[nH]2)CC1. The molecule has 0 bridgehead atoms. The number of carbonyl (C=O) groups is 3. The summed E-state index contributed by atoms with van der Waals surface area (Å²) >= 11 is 0. The van der Waals surface area contributed by atoms with Crippen molar-refractivity contribution in [3.63, 3.8) is 0 Å². The number of aromatic nitrogens is 1. The number of benzene rings is 1. The van der Waals surface area contributed by atoms with Crippen LogP contribution in [0.3, 0.4) is 0 Å². The normalized spacial score (nSPS) is 14.4. The molecule has 7 nitrogen and oxygen atoms in total. The summed E-state index contributed by atoms with van der Waals surface area (Å²) in [5, 5.41) is 3.37. The Labute approximate surface area is 156 Å². The smallest absolute Gasteiger partial charge is 0.312 e. The predicted octanol–water partition coefficient (Wildman–Crippen LogP) is 1.51. The maximum Gasteiger partial charge on any atom is 0.312 e. The van der Waals surface area contributed by atoms with Gasteiger partial charge < -0.3 is 20.1 Å². The Kier molecular flexibility index (Phi) is 5.73. The van der Waals surface area contributed by atoms with Gasteiger partial charge in [0.15, 0.2) is 0 Å². The standard InChI is InChI=1S/C19H23FN4O3/c1-2-3-6-21-17(25)19(27)24-9-7-23(8-10-24)18(26)16-11-13-4-5-14(20)12-15(13)22-16/h4-5,11-12,22H,2-3,6-10H2,1H3,(H,21,25). The highest BCUT2D eigenvalue weighted by Crippen LogP contribution is 2.18. The third-order valence-electron chi connectivity index (χ3n) is 4.68. The number of H-pyrrole nitrogens is 1. The zero-order valence-corrected chi connectivity index (χ0v) is 15.3. The van der Waals surface area contributed by atoms with Crippen LogP contribution in [0.5, 0.6) is 0 Å². The van der Waals surface area contributed by atoms with E-state index in [1.165, 1.54) is 17.0 Å². The highest BCUT2D eigenvalue weighted by Gasteiger charge is 2.28. The van der Waals surface area contributed by atoms with E-state index in [-0.39, 0.29) is 11.7 Å². The summed E-state index contributed by atoms with van der Waals surface area (Å²) in [6.45, 7) is 3.79. The lowest BCUT2D eigenvalue weighted by Gasteiger charge is -2.34. The molecule has 2 N–H and O–H groups in total. The second-order valence-corrected chi connectivity index (χ2v) is 6.61. The lowest BCUT2D eigenvalue weighted by atomic mass is 10.2. The Hall–Kier alpha value is -2.90. The lowest BCUT2D eigenvalue weighted by molar-refractivity contribution is -0.146. The molecule has 144 valence electrons. The topological polar surface area (TPSA) is 85.5 Å². The average molecular weight is 374 g/mol. The molecule has 3 rings (SSSR count). The van der Waals surface area contributed by atoms with Crippen molar-refractivity contribution in [3.05, 3.63) is 35.8 Å². The number of hydrogen-bond acceptors (Lipinski definition) is 3. The number of halogens is 1. The van der Waals surface area contributed by atoms with Crippen LogP contribution in [0.2, 0.25) is 0 Å². The number of carbonyl (C=O) groups excluding carboxylic acids is 3. The molecule has 2 aromatic rings. The van der Waals surface area contributed by atoms with Gasteiger partial charge in [-0.3, -0.25) is 14.4 Å². The van der Waals surface area contributed by atoms with Gasteiger partial charge in [0.25, 0.3) is 5.91 Å². The molecule has 0 unspecified atom stereocenters. The number of amides is 3. The molecule has 0 spiro atoms. The van der Waals surface area contributed by atoms with Crippen molar-refractivity contribution in [3.8, 4) is 0 Å². The van der Waals surface area contributed by atoms with Crippen molar-refractivity contribution in [2.75, 3.05) is 32.7 Å². The summed E-state index contributed by atoms with van der Waals surface area (Å²) < 4.78 is 13.3. The van der Waals surface area contributed by atoms with Gasteiger partial charge in [-0.1, -0.05) is 13.3 Å². The van der Waals surface area contributed by atoms with Crippen molar-refractivity contribution < 1.29 is 18.8 Å². The second kappa shape index (κ2) is 8.20. The van der Waals surface area contributed by atoms with Crippen LogP contribution in [0.4, 0.5) is 4.39 Å². The minimum atomic E-state index is -0.596. The zero-order chi connectivity index (χ0) is 19.4. The van der Waals surface area contributed by atoms with E-state index in [1.807, 2.05) is 6.92 Å². The first-order chi connectivity index (χ1) is 13.0. The van der Waals surface area contributed by atoms with Gasteiger partial charge in [-0.2, -0.15) is 0 Å². The molecular weight excluding hydrogens is 351 g/mol. The molecule has 1 aromatic heterocycles. The van der Waals surface area contributed by atoms with E-state index >= 15 is 0 Å². The molecule has 1 fully saturated rings. The Morgan fingerprint density at radius 3 is 2.52 bits per heavy atom. The molecule has 0 saturated carbocycles. The van der Waals surface area contributed by atoms with Crippen molar-refractivity contribution in [2.24, 2.45) is 0 Å². The molecule has 0 atom stereocenters. The highest BCUT2D eigenvalue weighted by molar-refractivity contribution is 6.35. The van der Waals surface area contributed by atoms with E-state index in [4.69, 9.17) is 0 Å². The molecule has 8 heteroatoms. The molecule has 27 heavy (non-hydrogen) atoms. The number of unbranched alkanes of at least 4 members (excludes halogenated alkanes) is 1. The molecule has 1 aliphatic rings. The van der Waals surface area contributed by atoms with E-state index in [1.54, 1.807) is 17.0 Å². The third-order valence-corrected chi connectivity index (χ3v) is 4.68. The van der Waals surface area contributed by atoms with Crippen molar-refractivity contribution in [1.29, 1.82) is 0 Å². The van der Waals surface area contributed by atoms with E-state index < -0.39 is 11.8 Å². The Bertz CT molecular complexity index is 856. The third kappa shape index (κ3) is 4.27. The lowest BCUT2D eigenvalue weighted by Crippen LogP contribution is -2.54. The van der Waals surface area contributed by atoms with Crippen LogP contribution >= 0.6 is 0 Å². The molecule has 0 aliphatic carbocycles. The number of fused-ring (bicyclic) bond motifs is 1. The largest absolute Gasteiger partial charge is 0.350 e. The van der Waals surface area contributed by atoms with Crippen LogP contribution in [-0.2, 0) is 9.59 Å². The summed E-state index contributed by atoms with van der Waals surface area (Å²) in [5.74, 6) is -1.72. The van der Waals surface area contributed by atoms with Crippen molar-refractivity contribution >= 4 is 28.6 Å². The molecule has 3 amide bonds. The average Bonchev–Trinajstić information content (AvgIpc) is 3.10. The van der Waals surface area contributed by atoms with Crippen LogP contribution in [0.1, 0.15) is 30.3 Å². The van der Waals surface area contributed by atoms with Crippen molar-refractivity contribution in [1.82, 2.24) is 20.1 Å². The quantitative estimate of drug-likeness (QED) is 0.628. The minimum absolute atomic E-state index is 0.203. The molecule has 1 saturated heterocycles. The van der Waals surface area contributed by atoms with Gasteiger partial charge in [0, 0.05) is 43.6 Å². The van der Waals surface area contributed by atoms with Crippen LogP contribution in [0.15, 0.2) is 24.3 Å². The van der Waals surface area contributed by atoms with Crippen LogP contribution in [0.25, 0.3) is 10.9 Å². The van der Waals surface area contributed by atoms with Gasteiger partial charge in [-0.05, 0) is 30.7 Å². The van der Waals surface area contributed by atoms with Crippen LogP contribution in [-0.4, -0.2) is 65.2 Å². The van der Waals surface area contributed by atoms with Crippen LogP contribution < -0.4 is 5.32 Å². The first-order valence-corrected chi connectivity index (χ1v) is 9.14. The number of nitrogens with one attached hydrogen (secondary N) is 2. The highest BCUT2D eigenvalue weighted by atomic mass is 19.1. The van der Waals surface area contributed by atoms with Gasteiger partial charge >= 0.3 is 11.8 Å². The van der Waals surface area contributed by atoms with E-state index in [0.717, 1.165) is 18.2 Å². The Morgan fingerprint density at radius 1 is 1.11 bits per heavy atom. The summed E-state index contributed by atoms with van der Waals surface area (Å²) in [4.78, 5) is 42.7. The fraction of sp³-hybridized carbons (Fsp3) is 0.421. The Balaban J connectivity index is 1.57. The number of aromatic amines is 1. The molecule has 0 radical (unpaired) electrons. The maximum absolute atomic E-state index is 13.3. The summed E-state index contributed by atoms with van der Waals surface area (Å²) in [6.07, 6.45) is 1.77. The van der Waals surface area contributed by atoms with Gasteiger partial charge in [0.1, 0.15) is 11.5 Å². The first-order valence-electron chi connectivity index (χ1n) is 9.14. The van der Waals surface area contributed by atoms with Gasteiger partial charge in [0.05, 0.1) is 0 Å². The first kappa shape index (κ1) is 18.9. The number of hydrogen-bond donors (Lipinski definition) is 2. The maximum atomic E-state index is 13.3. The Morgan fingerprint density at radius 2 is 1.81 bits per heavy atom. The summed E-state index contributed by atoms with van der Waals surface area (Å²) in [6, 6.07) is 6.00. The number of rotatable bonds is 4. The van der Waals surface area contributed by atoms with Crippen LogP contribution in [0, 0.1) is 5.82 Å². The predicted molar refractivity (Wildman–Crippen MR) is 98.7 cm³/mol. The number of piperazine rings is 1. The van der Waals surface area contributed by atoms with E-state index in [2.05, 4.69) is 10.3 Å². The summed E-state index contributed by atoms with van der Waals surface area (Å²) in [5.41, 5.74) is 0.948. The second-order valence-electron chi connectivity index (χ2n) is 6.61. The van der Waals surface area contributed by atoms with E-state index in [9.17, 15) is 18.8 Å². The fourth-order valence-electron chi connectivity index (χ4n) is 3.10. The monoisotopic (exact) mass is 374 g/mol. The molecule has 1 aliphatic heterocycles. The fourth-order valence-corrected chi connectivity index (χ4v) is 3.10. The van der Waals surface area contributed by atoms with Crippen molar-refractivity contribution in [2.45, 2.75) is 19.8 Å². The number of nitrogens with zero attached hydrogens (tertiary/aromatic N) is 2. The summed E-state index contributed by atoms with van der Waals surface area (Å²) in [7, 11) is 0. The molecular formula is C19H23FN4O3. The molecule has 2 heterocycles. The van der Waals surface area contributed by atoms with Gasteiger partial charge in [-0.25, -0.2) is 4.39 Å². The molecule has 1 aromatic carbocycles. The van der Waals surface area contributed by atoms with Gasteiger partial charge in [0.2, 0.25) is 0 Å². The zero-order valence-electron chi connectivity index (χ0n) is 15.3.